The summed E-state index contributed by atoms with van der Waals surface area (Å²) in [6.07, 6.45) is 0. The van der Waals surface area contributed by atoms with E-state index >= 15 is 0 Å². The van der Waals surface area contributed by atoms with Crippen molar-refractivity contribution in [3.05, 3.63) is 0 Å². The van der Waals surface area contributed by atoms with E-state index in [0.717, 1.165) is 0 Å². The van der Waals surface area contributed by atoms with E-state index in [9.17, 15) is 0 Å². The van der Waals surface area contributed by atoms with Crippen molar-refractivity contribution in [3.63, 3.8) is 0 Å². The molecule has 0 aliphatic carbocycles. The molecular formula is H4Cl2FeMg. The van der Waals surface area contributed by atoms with Crippen LogP contribution in [0.2, 0.25) is 0 Å². The van der Waals surface area contributed by atoms with Crippen LogP contribution in [0.1, 0.15) is 0 Å². The summed E-state index contributed by atoms with van der Waals surface area (Å²) < 4.78 is 0. The summed E-state index contributed by atoms with van der Waals surface area (Å²) in [7, 11) is 0. The molecule has 0 aromatic carbocycles. The molecule has 4 heteroatoms. The maximum absolute atomic E-state index is 0. The van der Waals surface area contributed by atoms with Gasteiger partial charge in [0.15, 0.2) is 0 Å². The van der Waals surface area contributed by atoms with Crippen molar-refractivity contribution < 1.29 is 17.1 Å². The summed E-state index contributed by atoms with van der Waals surface area (Å²) in [4.78, 5) is 0. The Morgan fingerprint density at radius 1 is 0.750 bits per heavy atom. The molecule has 0 amide bonds. The van der Waals surface area contributed by atoms with Gasteiger partial charge in [-0.2, -0.15) is 0 Å². The molecular weight excluding hydrogens is 151 g/mol. The van der Waals surface area contributed by atoms with Crippen LogP contribution in [-0.4, -0.2) is 23.1 Å². The first kappa shape index (κ1) is 39.9. The summed E-state index contributed by atoms with van der Waals surface area (Å²) in [5.74, 6) is 0. The zero-order valence-electron chi connectivity index (χ0n) is 1.17. The topological polar surface area (TPSA) is 0 Å². The standard InChI is InChI=1S/2ClH.Fe.Mg.2H/h2*1H;;;;. The van der Waals surface area contributed by atoms with Crippen molar-refractivity contribution in [2.24, 2.45) is 0 Å². The second-order valence-corrected chi connectivity index (χ2v) is 0. The van der Waals surface area contributed by atoms with Gasteiger partial charge in [-0.3, -0.25) is 0 Å². The third-order valence-corrected chi connectivity index (χ3v) is 0. The quantitative estimate of drug-likeness (QED) is 0.429. The summed E-state index contributed by atoms with van der Waals surface area (Å²) in [6.45, 7) is 0. The first-order chi connectivity index (χ1) is 0. The van der Waals surface area contributed by atoms with Crippen molar-refractivity contribution in [2.45, 2.75) is 0 Å². The zero-order valence-corrected chi connectivity index (χ0v) is 3.91. The first-order valence-electron chi connectivity index (χ1n) is 0. The molecule has 0 unspecified atom stereocenters. The molecule has 0 fully saturated rings. The third-order valence-electron chi connectivity index (χ3n) is 0. The Balaban J connectivity index is 0. The number of rotatable bonds is 0. The Kier molecular flexibility index (Phi) is 208. The molecule has 0 rings (SSSR count). The van der Waals surface area contributed by atoms with E-state index in [1.54, 1.807) is 0 Å². The van der Waals surface area contributed by atoms with Gasteiger partial charge < -0.3 is 0 Å². The Hall–Kier alpha value is 1.87. The zero-order chi connectivity index (χ0) is 0. The van der Waals surface area contributed by atoms with Crippen molar-refractivity contribution in [1.29, 1.82) is 0 Å². The largest absolute Gasteiger partial charge is 0.316 e. The molecule has 28 valence electrons. The normalized spacial score (nSPS) is 0. The van der Waals surface area contributed by atoms with Crippen molar-refractivity contribution in [1.82, 2.24) is 0 Å². The van der Waals surface area contributed by atoms with Gasteiger partial charge in [0, 0.05) is 17.1 Å². The second kappa shape index (κ2) is 20.9. The van der Waals surface area contributed by atoms with Crippen molar-refractivity contribution >= 4 is 47.9 Å². The monoisotopic (exact) mass is 154 g/mol. The Morgan fingerprint density at radius 3 is 0.750 bits per heavy atom. The smallest absolute Gasteiger partial charge is 0.147 e. The molecule has 4 heavy (non-hydrogen) atoms. The number of hydrogen-bond acceptors (Lipinski definition) is 0. The van der Waals surface area contributed by atoms with Gasteiger partial charge in [0.05, 0.1) is 0 Å². The first-order valence-corrected chi connectivity index (χ1v) is 0. The molecule has 0 saturated carbocycles. The minimum absolute atomic E-state index is 0. The fraction of sp³-hybridized carbons (Fsp3) is 0. The summed E-state index contributed by atoms with van der Waals surface area (Å²) in [5.41, 5.74) is 0. The summed E-state index contributed by atoms with van der Waals surface area (Å²) in [5, 5.41) is 0. The molecule has 0 radical (unpaired) electrons. The predicted octanol–water partition coefficient (Wildman–Crippen LogP) is -0.0751. The molecule has 0 nitrogen and oxygen atoms in total. The third kappa shape index (κ3) is 9.12. The Labute approximate surface area is 64.5 Å². The van der Waals surface area contributed by atoms with Crippen LogP contribution in [-0.2, 0) is 17.1 Å². The van der Waals surface area contributed by atoms with Gasteiger partial charge in [-0.1, -0.05) is 0 Å². The van der Waals surface area contributed by atoms with E-state index in [2.05, 4.69) is 0 Å². The Morgan fingerprint density at radius 2 is 0.750 bits per heavy atom. The van der Waals surface area contributed by atoms with Crippen LogP contribution in [0.15, 0.2) is 0 Å². The van der Waals surface area contributed by atoms with Gasteiger partial charge in [-0.05, 0) is 0 Å². The van der Waals surface area contributed by atoms with Gasteiger partial charge >= 0.3 is 23.1 Å². The fourth-order valence-electron chi connectivity index (χ4n) is 0. The van der Waals surface area contributed by atoms with Crippen LogP contribution in [0.5, 0.6) is 0 Å². The van der Waals surface area contributed by atoms with Gasteiger partial charge in [-0.15, -0.1) is 24.8 Å². The van der Waals surface area contributed by atoms with Crippen LogP contribution < -0.4 is 0 Å². The van der Waals surface area contributed by atoms with Gasteiger partial charge in [0.2, 0.25) is 0 Å². The van der Waals surface area contributed by atoms with Gasteiger partial charge in [0.25, 0.3) is 0 Å². The van der Waals surface area contributed by atoms with Crippen LogP contribution in [0.25, 0.3) is 0 Å². The summed E-state index contributed by atoms with van der Waals surface area (Å²) in [6, 6.07) is 0. The van der Waals surface area contributed by atoms with E-state index in [1.807, 2.05) is 0 Å². The fourth-order valence-corrected chi connectivity index (χ4v) is 0. The SMILES string of the molecule is Cl.Cl.[Fe].[MgH2]. The minimum atomic E-state index is 0. The number of halogens is 2. The molecule has 0 bridgehead atoms. The average molecular weight is 155 g/mol. The second-order valence-electron chi connectivity index (χ2n) is 0. The molecule has 0 aromatic heterocycles. The maximum atomic E-state index is 0. The molecule has 0 aliphatic rings. The summed E-state index contributed by atoms with van der Waals surface area (Å²) >= 11 is 0. The predicted molar refractivity (Wildman–Crippen MR) is 23.0 cm³/mol. The molecule has 0 N–H and O–H groups in total. The molecule has 0 aromatic rings. The van der Waals surface area contributed by atoms with E-state index in [0.29, 0.717) is 0 Å². The Bertz CT molecular complexity index is 6.00. The van der Waals surface area contributed by atoms with Crippen LogP contribution in [0, 0.1) is 0 Å². The van der Waals surface area contributed by atoms with E-state index in [-0.39, 0.29) is 64.9 Å². The molecule has 0 saturated heterocycles. The maximum Gasteiger partial charge on any atom is 0.316 e. The van der Waals surface area contributed by atoms with Crippen LogP contribution in [0.4, 0.5) is 0 Å². The van der Waals surface area contributed by atoms with Crippen molar-refractivity contribution in [3.8, 4) is 0 Å². The molecule has 0 atom stereocenters. The van der Waals surface area contributed by atoms with Crippen LogP contribution in [0.3, 0.4) is 0 Å². The van der Waals surface area contributed by atoms with E-state index in [4.69, 9.17) is 0 Å². The van der Waals surface area contributed by atoms with E-state index in [1.165, 1.54) is 0 Å². The van der Waals surface area contributed by atoms with E-state index < -0.39 is 0 Å². The molecule has 0 spiro atoms. The van der Waals surface area contributed by atoms with Gasteiger partial charge in [0.1, 0.15) is 0 Å². The molecule has 0 heterocycles. The van der Waals surface area contributed by atoms with Gasteiger partial charge in [-0.25, -0.2) is 0 Å². The average Bonchev–Trinajstić information content (AvgIpc) is 0. The van der Waals surface area contributed by atoms with Crippen molar-refractivity contribution in [2.75, 3.05) is 0 Å². The minimum Gasteiger partial charge on any atom is -0.147 e. The molecule has 0 aliphatic heterocycles. The number of hydrogen-bond donors (Lipinski definition) is 0. The van der Waals surface area contributed by atoms with Crippen LogP contribution >= 0.6 is 24.8 Å².